The second-order valence-corrected chi connectivity index (χ2v) is 4.85. The van der Waals surface area contributed by atoms with Crippen LogP contribution in [0.4, 0.5) is 0 Å². The van der Waals surface area contributed by atoms with E-state index in [9.17, 15) is 9.90 Å². The number of likely N-dealkylation sites (tertiary alicyclic amines) is 1. The summed E-state index contributed by atoms with van der Waals surface area (Å²) in [7, 11) is 0. The summed E-state index contributed by atoms with van der Waals surface area (Å²) in [5, 5.41) is 10.5. The van der Waals surface area contributed by atoms with Gasteiger partial charge in [-0.1, -0.05) is 44.2 Å². The van der Waals surface area contributed by atoms with Gasteiger partial charge in [0, 0.05) is 18.9 Å². The lowest BCUT2D eigenvalue weighted by Gasteiger charge is -2.32. The fourth-order valence-corrected chi connectivity index (χ4v) is 2.49. The van der Waals surface area contributed by atoms with Gasteiger partial charge in [-0.25, -0.2) is 0 Å². The van der Waals surface area contributed by atoms with Crippen molar-refractivity contribution in [2.45, 2.75) is 39.0 Å². The number of carbonyl (C=O) groups excluding carboxylic acids is 1. The molecule has 1 heterocycles. The number of hydrogen-bond donors (Lipinski definition) is 1. The van der Waals surface area contributed by atoms with E-state index in [2.05, 4.69) is 0 Å². The summed E-state index contributed by atoms with van der Waals surface area (Å²) in [6.07, 6.45) is 1.12. The van der Waals surface area contributed by atoms with Crippen LogP contribution < -0.4 is 0 Å². The Labute approximate surface area is 102 Å². The van der Waals surface area contributed by atoms with Crippen molar-refractivity contribution in [2.75, 3.05) is 0 Å². The largest absolute Gasteiger partial charge is 0.371 e. The number of aliphatic hydroxyl groups is 1. The molecular weight excluding hydrogens is 214 g/mol. The summed E-state index contributed by atoms with van der Waals surface area (Å²) in [4.78, 5) is 13.7. The van der Waals surface area contributed by atoms with Crippen LogP contribution in [-0.4, -0.2) is 21.6 Å². The maximum Gasteiger partial charge on any atom is 0.228 e. The van der Waals surface area contributed by atoms with Crippen molar-refractivity contribution in [2.24, 2.45) is 5.92 Å². The van der Waals surface area contributed by atoms with E-state index in [0.717, 1.165) is 5.56 Å². The number of rotatable bonds is 3. The number of hydrogen-bond acceptors (Lipinski definition) is 2. The SMILES string of the molecule is CCC1(O)CC(C)C(=O)N1Cc1ccccc1. The number of benzene rings is 1. The van der Waals surface area contributed by atoms with Crippen molar-refractivity contribution < 1.29 is 9.90 Å². The van der Waals surface area contributed by atoms with E-state index >= 15 is 0 Å². The molecule has 1 saturated heterocycles. The summed E-state index contributed by atoms with van der Waals surface area (Å²) in [6, 6.07) is 9.80. The van der Waals surface area contributed by atoms with Crippen LogP contribution in [-0.2, 0) is 11.3 Å². The smallest absolute Gasteiger partial charge is 0.228 e. The molecule has 3 nitrogen and oxygen atoms in total. The first-order valence-corrected chi connectivity index (χ1v) is 6.14. The third-order valence-corrected chi connectivity index (χ3v) is 3.57. The molecule has 1 fully saturated rings. The van der Waals surface area contributed by atoms with Gasteiger partial charge in [0.25, 0.3) is 0 Å². The van der Waals surface area contributed by atoms with Gasteiger partial charge in [0.15, 0.2) is 0 Å². The molecule has 0 aromatic heterocycles. The third kappa shape index (κ3) is 2.20. The molecule has 0 radical (unpaired) electrons. The standard InChI is InChI=1S/C14H19NO2/c1-3-14(17)9-11(2)13(16)15(14)10-12-7-5-4-6-8-12/h4-8,11,17H,3,9-10H2,1-2H3. The van der Waals surface area contributed by atoms with E-state index in [1.54, 1.807) is 4.90 Å². The Bertz CT molecular complexity index is 404. The second kappa shape index (κ2) is 4.49. The van der Waals surface area contributed by atoms with Crippen molar-refractivity contribution >= 4 is 5.91 Å². The number of amides is 1. The zero-order valence-corrected chi connectivity index (χ0v) is 10.4. The molecule has 2 rings (SSSR count). The zero-order valence-electron chi connectivity index (χ0n) is 10.4. The Morgan fingerprint density at radius 2 is 2.06 bits per heavy atom. The van der Waals surface area contributed by atoms with Gasteiger partial charge in [-0.15, -0.1) is 0 Å². The minimum absolute atomic E-state index is 0.0539. The molecule has 1 aromatic rings. The fraction of sp³-hybridized carbons (Fsp3) is 0.500. The molecule has 1 amide bonds. The average molecular weight is 233 g/mol. The second-order valence-electron chi connectivity index (χ2n) is 4.85. The Kier molecular flexibility index (Phi) is 3.20. The van der Waals surface area contributed by atoms with Crippen LogP contribution in [0.15, 0.2) is 30.3 Å². The summed E-state index contributed by atoms with van der Waals surface area (Å²) in [5.74, 6) is -0.0261. The lowest BCUT2D eigenvalue weighted by Crippen LogP contribution is -2.44. The van der Waals surface area contributed by atoms with E-state index in [-0.39, 0.29) is 11.8 Å². The summed E-state index contributed by atoms with van der Waals surface area (Å²) >= 11 is 0. The molecule has 0 bridgehead atoms. The minimum atomic E-state index is -0.966. The van der Waals surface area contributed by atoms with Crippen molar-refractivity contribution in [1.82, 2.24) is 4.90 Å². The molecule has 2 unspecified atom stereocenters. The molecule has 17 heavy (non-hydrogen) atoms. The molecule has 3 heteroatoms. The predicted molar refractivity (Wildman–Crippen MR) is 66.0 cm³/mol. The Hall–Kier alpha value is -1.35. The summed E-state index contributed by atoms with van der Waals surface area (Å²) < 4.78 is 0. The molecule has 1 aromatic carbocycles. The highest BCUT2D eigenvalue weighted by Crippen LogP contribution is 2.35. The summed E-state index contributed by atoms with van der Waals surface area (Å²) in [6.45, 7) is 4.30. The van der Waals surface area contributed by atoms with Crippen LogP contribution in [0.2, 0.25) is 0 Å². The van der Waals surface area contributed by atoms with Crippen molar-refractivity contribution in [3.63, 3.8) is 0 Å². The van der Waals surface area contributed by atoms with E-state index in [0.29, 0.717) is 19.4 Å². The van der Waals surface area contributed by atoms with Gasteiger partial charge in [-0.2, -0.15) is 0 Å². The average Bonchev–Trinajstić information content (AvgIpc) is 2.55. The van der Waals surface area contributed by atoms with E-state index < -0.39 is 5.72 Å². The van der Waals surface area contributed by atoms with Crippen LogP contribution in [0, 0.1) is 5.92 Å². The van der Waals surface area contributed by atoms with E-state index in [1.807, 2.05) is 44.2 Å². The van der Waals surface area contributed by atoms with Crippen molar-refractivity contribution in [3.8, 4) is 0 Å². The van der Waals surface area contributed by atoms with Crippen LogP contribution in [0.5, 0.6) is 0 Å². The first-order valence-electron chi connectivity index (χ1n) is 6.14. The maximum atomic E-state index is 12.1. The monoisotopic (exact) mass is 233 g/mol. The van der Waals surface area contributed by atoms with Crippen LogP contribution >= 0.6 is 0 Å². The molecule has 92 valence electrons. The van der Waals surface area contributed by atoms with Gasteiger partial charge in [0.1, 0.15) is 5.72 Å². The lowest BCUT2D eigenvalue weighted by molar-refractivity contribution is -0.148. The van der Waals surface area contributed by atoms with E-state index in [4.69, 9.17) is 0 Å². The van der Waals surface area contributed by atoms with Crippen LogP contribution in [0.25, 0.3) is 0 Å². The van der Waals surface area contributed by atoms with Crippen molar-refractivity contribution in [1.29, 1.82) is 0 Å². The van der Waals surface area contributed by atoms with Gasteiger partial charge in [0.05, 0.1) is 0 Å². The highest BCUT2D eigenvalue weighted by atomic mass is 16.3. The molecule has 1 aliphatic heterocycles. The van der Waals surface area contributed by atoms with Crippen molar-refractivity contribution in [3.05, 3.63) is 35.9 Å². The molecule has 2 atom stereocenters. The Morgan fingerprint density at radius 3 is 2.65 bits per heavy atom. The molecular formula is C14H19NO2. The Balaban J connectivity index is 2.21. The third-order valence-electron chi connectivity index (χ3n) is 3.57. The van der Waals surface area contributed by atoms with E-state index in [1.165, 1.54) is 0 Å². The highest BCUT2D eigenvalue weighted by molar-refractivity contribution is 5.81. The molecule has 0 saturated carbocycles. The maximum absolute atomic E-state index is 12.1. The first-order chi connectivity index (χ1) is 8.07. The van der Waals surface area contributed by atoms with Gasteiger partial charge >= 0.3 is 0 Å². The number of nitrogens with zero attached hydrogens (tertiary/aromatic N) is 1. The zero-order chi connectivity index (χ0) is 12.5. The first kappa shape index (κ1) is 12.1. The van der Waals surface area contributed by atoms with Crippen LogP contribution in [0.1, 0.15) is 32.3 Å². The van der Waals surface area contributed by atoms with Gasteiger partial charge in [-0.3, -0.25) is 4.79 Å². The Morgan fingerprint density at radius 1 is 1.41 bits per heavy atom. The topological polar surface area (TPSA) is 40.5 Å². The predicted octanol–water partition coefficient (Wildman–Crippen LogP) is 2.15. The quantitative estimate of drug-likeness (QED) is 0.869. The van der Waals surface area contributed by atoms with Gasteiger partial charge in [0.2, 0.25) is 5.91 Å². The van der Waals surface area contributed by atoms with Gasteiger partial charge < -0.3 is 10.0 Å². The molecule has 0 aliphatic carbocycles. The summed E-state index contributed by atoms with van der Waals surface area (Å²) in [5.41, 5.74) is 0.0913. The lowest BCUT2D eigenvalue weighted by atomic mass is 10.0. The molecule has 1 aliphatic rings. The fourth-order valence-electron chi connectivity index (χ4n) is 2.49. The number of carbonyl (C=O) groups is 1. The molecule has 1 N–H and O–H groups in total. The van der Waals surface area contributed by atoms with Crippen LogP contribution in [0.3, 0.4) is 0 Å². The minimum Gasteiger partial charge on any atom is -0.371 e. The van der Waals surface area contributed by atoms with Gasteiger partial charge in [-0.05, 0) is 12.0 Å². The highest BCUT2D eigenvalue weighted by Gasteiger charge is 2.46. The normalized spacial score (nSPS) is 28.8. The molecule has 0 spiro atoms.